The summed E-state index contributed by atoms with van der Waals surface area (Å²) in [5.41, 5.74) is 7.28. The molecule has 2 aliphatic carbocycles. The Morgan fingerprint density at radius 2 is 2.11 bits per heavy atom. The number of halogens is 1. The average molecular weight is 282 g/mol. The van der Waals surface area contributed by atoms with Gasteiger partial charge in [0.1, 0.15) is 0 Å². The molecule has 0 unspecified atom stereocenters. The standard InChI is InChI=1S/C15H20ClNO2/c1-18-14-12(16)6-11(8-15(17)4-5-15)7-13(14)19-9-10-2-3-10/h6-7,10H,2-5,8-9,17H2,1H3. The Hall–Kier alpha value is -0.930. The van der Waals surface area contributed by atoms with Crippen molar-refractivity contribution in [1.29, 1.82) is 0 Å². The number of rotatable bonds is 6. The fraction of sp³-hybridized carbons (Fsp3) is 0.600. The molecule has 0 spiro atoms. The minimum Gasteiger partial charge on any atom is -0.491 e. The maximum absolute atomic E-state index is 6.27. The SMILES string of the molecule is COc1c(Cl)cc(CC2(N)CC2)cc1OCC1CC1. The van der Waals surface area contributed by atoms with Crippen molar-refractivity contribution in [2.45, 2.75) is 37.6 Å². The zero-order valence-corrected chi connectivity index (χ0v) is 12.0. The second-order valence-electron chi connectivity index (χ2n) is 5.90. The molecule has 104 valence electrons. The van der Waals surface area contributed by atoms with E-state index >= 15 is 0 Å². The molecular weight excluding hydrogens is 262 g/mol. The number of ether oxygens (including phenoxy) is 2. The van der Waals surface area contributed by atoms with Gasteiger partial charge in [-0.15, -0.1) is 0 Å². The Kier molecular flexibility index (Phi) is 3.35. The zero-order valence-electron chi connectivity index (χ0n) is 11.2. The van der Waals surface area contributed by atoms with E-state index in [4.69, 9.17) is 26.8 Å². The first-order valence-electron chi connectivity index (χ1n) is 6.88. The highest BCUT2D eigenvalue weighted by Crippen LogP contribution is 2.41. The second-order valence-corrected chi connectivity index (χ2v) is 6.31. The number of hydrogen-bond donors (Lipinski definition) is 1. The Balaban J connectivity index is 1.80. The van der Waals surface area contributed by atoms with Crippen molar-refractivity contribution in [1.82, 2.24) is 0 Å². The molecule has 2 fully saturated rings. The van der Waals surface area contributed by atoms with Crippen LogP contribution >= 0.6 is 11.6 Å². The summed E-state index contributed by atoms with van der Waals surface area (Å²) in [5, 5.41) is 0.607. The molecule has 0 aliphatic heterocycles. The molecule has 1 aromatic rings. The summed E-state index contributed by atoms with van der Waals surface area (Å²) < 4.78 is 11.2. The van der Waals surface area contributed by atoms with E-state index in [0.29, 0.717) is 16.7 Å². The molecule has 0 aromatic heterocycles. The van der Waals surface area contributed by atoms with Gasteiger partial charge in [-0.05, 0) is 55.7 Å². The van der Waals surface area contributed by atoms with E-state index in [9.17, 15) is 0 Å². The molecule has 0 saturated heterocycles. The Morgan fingerprint density at radius 3 is 2.68 bits per heavy atom. The van der Waals surface area contributed by atoms with Gasteiger partial charge in [0, 0.05) is 5.54 Å². The molecular formula is C15H20ClNO2. The molecule has 0 bridgehead atoms. The summed E-state index contributed by atoms with van der Waals surface area (Å²) in [4.78, 5) is 0. The van der Waals surface area contributed by atoms with E-state index in [2.05, 4.69) is 0 Å². The Morgan fingerprint density at radius 1 is 1.37 bits per heavy atom. The first kappa shape index (κ1) is 13.1. The molecule has 0 atom stereocenters. The highest BCUT2D eigenvalue weighted by atomic mass is 35.5. The van der Waals surface area contributed by atoms with Crippen LogP contribution in [0.1, 0.15) is 31.2 Å². The average Bonchev–Trinajstić information content (AvgIpc) is 3.25. The summed E-state index contributed by atoms with van der Waals surface area (Å²) in [6, 6.07) is 3.97. The van der Waals surface area contributed by atoms with E-state index in [1.807, 2.05) is 12.1 Å². The summed E-state index contributed by atoms with van der Waals surface area (Å²) in [6.45, 7) is 0.754. The van der Waals surface area contributed by atoms with Crippen LogP contribution in [0.2, 0.25) is 5.02 Å². The summed E-state index contributed by atoms with van der Waals surface area (Å²) in [5.74, 6) is 2.09. The lowest BCUT2D eigenvalue weighted by Crippen LogP contribution is -2.24. The summed E-state index contributed by atoms with van der Waals surface area (Å²) >= 11 is 6.27. The van der Waals surface area contributed by atoms with Crippen LogP contribution in [0.25, 0.3) is 0 Å². The smallest absolute Gasteiger partial charge is 0.179 e. The maximum Gasteiger partial charge on any atom is 0.179 e. The van der Waals surface area contributed by atoms with Crippen LogP contribution in [0.15, 0.2) is 12.1 Å². The Bertz CT molecular complexity index is 481. The predicted molar refractivity (Wildman–Crippen MR) is 76.1 cm³/mol. The van der Waals surface area contributed by atoms with Gasteiger partial charge in [-0.1, -0.05) is 11.6 Å². The molecule has 3 nitrogen and oxygen atoms in total. The lowest BCUT2D eigenvalue weighted by Gasteiger charge is -2.15. The quantitative estimate of drug-likeness (QED) is 0.871. The molecule has 3 rings (SSSR count). The van der Waals surface area contributed by atoms with Gasteiger partial charge in [0.2, 0.25) is 0 Å². The van der Waals surface area contributed by atoms with E-state index in [1.165, 1.54) is 12.8 Å². The molecule has 0 heterocycles. The van der Waals surface area contributed by atoms with Crippen LogP contribution in [-0.2, 0) is 6.42 Å². The van der Waals surface area contributed by atoms with Crippen molar-refractivity contribution < 1.29 is 9.47 Å². The molecule has 1 aromatic carbocycles. The first-order chi connectivity index (χ1) is 9.09. The van der Waals surface area contributed by atoms with Gasteiger partial charge < -0.3 is 15.2 Å². The topological polar surface area (TPSA) is 44.5 Å². The predicted octanol–water partition coefficient (Wildman–Crippen LogP) is 3.17. The highest BCUT2D eigenvalue weighted by molar-refractivity contribution is 6.32. The summed E-state index contributed by atoms with van der Waals surface area (Å²) in [7, 11) is 1.62. The van der Waals surface area contributed by atoms with Gasteiger partial charge in [-0.25, -0.2) is 0 Å². The number of benzene rings is 1. The van der Waals surface area contributed by atoms with Crippen LogP contribution in [0.4, 0.5) is 0 Å². The van der Waals surface area contributed by atoms with Crippen molar-refractivity contribution in [3.05, 3.63) is 22.7 Å². The minimum atomic E-state index is -0.0221. The van der Waals surface area contributed by atoms with Gasteiger partial charge in [-0.3, -0.25) is 0 Å². The lowest BCUT2D eigenvalue weighted by molar-refractivity contribution is 0.280. The van der Waals surface area contributed by atoms with Crippen LogP contribution in [0.3, 0.4) is 0 Å². The third-order valence-electron chi connectivity index (χ3n) is 3.89. The first-order valence-corrected chi connectivity index (χ1v) is 7.25. The van der Waals surface area contributed by atoms with E-state index in [0.717, 1.165) is 37.2 Å². The van der Waals surface area contributed by atoms with Crippen molar-refractivity contribution in [2.75, 3.05) is 13.7 Å². The van der Waals surface area contributed by atoms with Crippen molar-refractivity contribution in [2.24, 2.45) is 11.7 Å². The van der Waals surface area contributed by atoms with Gasteiger partial charge in [-0.2, -0.15) is 0 Å². The number of nitrogens with two attached hydrogens (primary N) is 1. The minimum absolute atomic E-state index is 0.0221. The number of methoxy groups -OCH3 is 1. The monoisotopic (exact) mass is 281 g/mol. The Labute approximate surface area is 119 Å². The summed E-state index contributed by atoms with van der Waals surface area (Å²) in [6.07, 6.45) is 5.57. The lowest BCUT2D eigenvalue weighted by atomic mass is 10.0. The van der Waals surface area contributed by atoms with E-state index < -0.39 is 0 Å². The molecule has 4 heteroatoms. The normalized spacial score (nSPS) is 20.2. The van der Waals surface area contributed by atoms with Crippen LogP contribution in [0.5, 0.6) is 11.5 Å². The molecule has 0 radical (unpaired) electrons. The van der Waals surface area contributed by atoms with Crippen LogP contribution in [0, 0.1) is 5.92 Å². The van der Waals surface area contributed by atoms with Gasteiger partial charge >= 0.3 is 0 Å². The van der Waals surface area contributed by atoms with Gasteiger partial charge in [0.25, 0.3) is 0 Å². The van der Waals surface area contributed by atoms with Crippen molar-refractivity contribution >= 4 is 11.6 Å². The highest BCUT2D eigenvalue weighted by Gasteiger charge is 2.38. The van der Waals surface area contributed by atoms with E-state index in [1.54, 1.807) is 7.11 Å². The number of hydrogen-bond acceptors (Lipinski definition) is 3. The van der Waals surface area contributed by atoms with Crippen LogP contribution < -0.4 is 15.2 Å². The van der Waals surface area contributed by atoms with Crippen molar-refractivity contribution in [3.8, 4) is 11.5 Å². The molecule has 2 saturated carbocycles. The molecule has 2 N–H and O–H groups in total. The van der Waals surface area contributed by atoms with Crippen LogP contribution in [-0.4, -0.2) is 19.3 Å². The fourth-order valence-electron chi connectivity index (χ4n) is 2.26. The van der Waals surface area contributed by atoms with E-state index in [-0.39, 0.29) is 5.54 Å². The molecule has 2 aliphatic rings. The third kappa shape index (κ3) is 3.15. The fourth-order valence-corrected chi connectivity index (χ4v) is 2.58. The zero-order chi connectivity index (χ0) is 13.5. The second kappa shape index (κ2) is 4.88. The largest absolute Gasteiger partial charge is 0.491 e. The maximum atomic E-state index is 6.27. The molecule has 19 heavy (non-hydrogen) atoms. The van der Waals surface area contributed by atoms with Crippen molar-refractivity contribution in [3.63, 3.8) is 0 Å². The van der Waals surface area contributed by atoms with Gasteiger partial charge in [0.05, 0.1) is 18.7 Å². The third-order valence-corrected chi connectivity index (χ3v) is 4.17. The van der Waals surface area contributed by atoms with Gasteiger partial charge in [0.15, 0.2) is 11.5 Å². The molecule has 0 amide bonds.